The number of imide groups is 1. The van der Waals surface area contributed by atoms with Crippen LogP contribution in [0.25, 0.3) is 0 Å². The van der Waals surface area contributed by atoms with Gasteiger partial charge in [0.1, 0.15) is 5.78 Å². The Balaban J connectivity index is 1.65. The minimum absolute atomic E-state index is 0.0478. The Morgan fingerprint density at radius 2 is 1.94 bits per heavy atom. The summed E-state index contributed by atoms with van der Waals surface area (Å²) in [6.07, 6.45) is 5.15. The highest BCUT2D eigenvalue weighted by Crippen LogP contribution is 2.42. The number of ketones is 1. The number of Topliss-reactive ketones (excluding diaryl/α,β-unsaturated/α-hetero) is 1. The molecule has 2 fully saturated rings. The van der Waals surface area contributed by atoms with E-state index in [4.69, 9.17) is 0 Å². The number of hydrogen-bond donors (Lipinski definition) is 0. The fraction of sp³-hybridized carbons (Fsp3) is 0.444. The molecular formula is C27H31N3O4. The average molecular weight is 462 g/mol. The van der Waals surface area contributed by atoms with Crippen molar-refractivity contribution in [2.45, 2.75) is 57.9 Å². The Morgan fingerprint density at radius 1 is 1.15 bits per heavy atom. The molecule has 0 unspecified atom stereocenters. The number of amides is 3. The van der Waals surface area contributed by atoms with Crippen LogP contribution in [-0.2, 0) is 31.1 Å². The van der Waals surface area contributed by atoms with E-state index in [1.54, 1.807) is 23.4 Å². The first kappa shape index (κ1) is 23.8. The van der Waals surface area contributed by atoms with Gasteiger partial charge in [-0.3, -0.25) is 29.1 Å². The van der Waals surface area contributed by atoms with Gasteiger partial charge in [-0.2, -0.15) is 0 Å². The summed E-state index contributed by atoms with van der Waals surface area (Å²) in [6, 6.07) is 11.1. The van der Waals surface area contributed by atoms with E-state index in [1.165, 1.54) is 4.90 Å². The van der Waals surface area contributed by atoms with Crippen molar-refractivity contribution < 1.29 is 19.2 Å². The number of piperidine rings is 1. The van der Waals surface area contributed by atoms with Gasteiger partial charge >= 0.3 is 0 Å². The second-order valence-corrected chi connectivity index (χ2v) is 9.40. The van der Waals surface area contributed by atoms with E-state index in [2.05, 4.69) is 4.98 Å². The number of aromatic nitrogens is 1. The quantitative estimate of drug-likeness (QED) is 0.591. The fourth-order valence-corrected chi connectivity index (χ4v) is 5.31. The third-order valence-corrected chi connectivity index (χ3v) is 7.16. The van der Waals surface area contributed by atoms with Crippen LogP contribution in [0.1, 0.15) is 55.7 Å². The van der Waals surface area contributed by atoms with Crippen molar-refractivity contribution in [3.8, 4) is 0 Å². The molecule has 0 N–H and O–H groups in total. The molecule has 2 aromatic rings. The topological polar surface area (TPSA) is 87.7 Å². The number of carbonyl (C=O) groups excluding carboxylic acids is 4. The highest BCUT2D eigenvalue weighted by atomic mass is 16.2. The van der Waals surface area contributed by atoms with E-state index in [0.717, 1.165) is 24.0 Å². The Labute approximate surface area is 200 Å². The lowest BCUT2D eigenvalue weighted by Crippen LogP contribution is -2.47. The van der Waals surface area contributed by atoms with Gasteiger partial charge in [-0.1, -0.05) is 37.3 Å². The second-order valence-electron chi connectivity index (χ2n) is 9.40. The molecule has 2 saturated heterocycles. The van der Waals surface area contributed by atoms with Crippen molar-refractivity contribution in [3.63, 3.8) is 0 Å². The molecule has 0 radical (unpaired) electrons. The van der Waals surface area contributed by atoms with Crippen molar-refractivity contribution in [1.82, 2.24) is 14.8 Å². The van der Waals surface area contributed by atoms with Gasteiger partial charge in [-0.05, 0) is 42.5 Å². The predicted molar refractivity (Wildman–Crippen MR) is 126 cm³/mol. The SMILES string of the molecule is CCC(=O)[C@@H]1CCCN(C(=O)C[C@]2(c3ccccc3C)CC(=O)N(Cc3cccnc3)C2=O)C1. The Hall–Kier alpha value is -3.35. The third kappa shape index (κ3) is 4.52. The van der Waals surface area contributed by atoms with Crippen LogP contribution in [0.3, 0.4) is 0 Å². The van der Waals surface area contributed by atoms with Crippen LogP contribution in [-0.4, -0.2) is 51.4 Å². The molecule has 4 rings (SSSR count). The standard InChI is InChI=1S/C27H31N3O4/c1-3-23(31)21-10-7-13-29(18-21)24(32)14-27(22-11-5-4-8-19(22)2)15-25(33)30(26(27)34)17-20-9-6-12-28-16-20/h4-6,8-9,11-12,16,21H,3,7,10,13-15,17-18H2,1-2H3/t21-,27-/m1/s1. The highest BCUT2D eigenvalue weighted by molar-refractivity contribution is 6.10. The highest BCUT2D eigenvalue weighted by Gasteiger charge is 2.54. The molecule has 0 spiro atoms. The van der Waals surface area contributed by atoms with Crippen LogP contribution in [0.5, 0.6) is 0 Å². The van der Waals surface area contributed by atoms with E-state index < -0.39 is 5.41 Å². The van der Waals surface area contributed by atoms with E-state index in [1.807, 2.05) is 44.2 Å². The summed E-state index contributed by atoms with van der Waals surface area (Å²) in [5.74, 6) is -0.799. The minimum Gasteiger partial charge on any atom is -0.342 e. The number of hydrogen-bond acceptors (Lipinski definition) is 5. The smallest absolute Gasteiger partial charge is 0.241 e. The van der Waals surface area contributed by atoms with Crippen LogP contribution < -0.4 is 0 Å². The molecular weight excluding hydrogens is 430 g/mol. The second kappa shape index (κ2) is 9.87. The summed E-state index contributed by atoms with van der Waals surface area (Å²) in [6.45, 7) is 4.83. The van der Waals surface area contributed by atoms with Crippen LogP contribution in [0.15, 0.2) is 48.8 Å². The summed E-state index contributed by atoms with van der Waals surface area (Å²) in [7, 11) is 0. The first-order chi connectivity index (χ1) is 16.4. The number of carbonyl (C=O) groups is 4. The maximum absolute atomic E-state index is 13.9. The number of rotatable bonds is 7. The summed E-state index contributed by atoms with van der Waals surface area (Å²) >= 11 is 0. The van der Waals surface area contributed by atoms with Gasteiger partial charge in [0.15, 0.2) is 0 Å². The van der Waals surface area contributed by atoms with Crippen LogP contribution >= 0.6 is 0 Å². The molecule has 34 heavy (non-hydrogen) atoms. The molecule has 2 atom stereocenters. The van der Waals surface area contributed by atoms with E-state index in [0.29, 0.717) is 25.1 Å². The van der Waals surface area contributed by atoms with E-state index in [-0.39, 0.29) is 48.8 Å². The Morgan fingerprint density at radius 3 is 2.65 bits per heavy atom. The normalized spacial score (nSPS) is 22.8. The summed E-state index contributed by atoms with van der Waals surface area (Å²) in [4.78, 5) is 59.9. The van der Waals surface area contributed by atoms with Crippen LogP contribution in [0, 0.1) is 12.8 Å². The molecule has 7 nitrogen and oxygen atoms in total. The molecule has 0 aliphatic carbocycles. The minimum atomic E-state index is -1.25. The first-order valence-corrected chi connectivity index (χ1v) is 12.0. The van der Waals surface area contributed by atoms with Gasteiger partial charge in [0, 0.05) is 50.7 Å². The molecule has 2 aliphatic rings. The maximum Gasteiger partial charge on any atom is 0.241 e. The molecule has 178 valence electrons. The van der Waals surface area contributed by atoms with Gasteiger partial charge < -0.3 is 4.90 Å². The molecule has 1 aromatic heterocycles. The lowest BCUT2D eigenvalue weighted by molar-refractivity contribution is -0.144. The lowest BCUT2D eigenvalue weighted by atomic mass is 9.73. The number of nitrogens with zero attached hydrogens (tertiary/aromatic N) is 3. The molecule has 1 aromatic carbocycles. The van der Waals surface area contributed by atoms with Gasteiger partial charge in [-0.15, -0.1) is 0 Å². The maximum atomic E-state index is 13.9. The molecule has 7 heteroatoms. The van der Waals surface area contributed by atoms with Gasteiger partial charge in [0.25, 0.3) is 0 Å². The van der Waals surface area contributed by atoms with E-state index >= 15 is 0 Å². The molecule has 2 aliphatic heterocycles. The largest absolute Gasteiger partial charge is 0.342 e. The van der Waals surface area contributed by atoms with Crippen LogP contribution in [0.4, 0.5) is 0 Å². The van der Waals surface area contributed by atoms with Gasteiger partial charge in [0.05, 0.1) is 12.0 Å². The third-order valence-electron chi connectivity index (χ3n) is 7.16. The van der Waals surface area contributed by atoms with E-state index in [9.17, 15) is 19.2 Å². The molecule has 0 bridgehead atoms. The summed E-state index contributed by atoms with van der Waals surface area (Å²) in [5.41, 5.74) is 1.10. The number of pyridine rings is 1. The number of likely N-dealkylation sites (tertiary alicyclic amines) is 2. The van der Waals surface area contributed by atoms with Crippen molar-refractivity contribution in [1.29, 1.82) is 0 Å². The van der Waals surface area contributed by atoms with Crippen LogP contribution in [0.2, 0.25) is 0 Å². The number of aryl methyl sites for hydroxylation is 1. The zero-order valence-electron chi connectivity index (χ0n) is 19.8. The molecule has 3 amide bonds. The zero-order chi connectivity index (χ0) is 24.3. The Kier molecular flexibility index (Phi) is 6.91. The monoisotopic (exact) mass is 461 g/mol. The van der Waals surface area contributed by atoms with Crippen molar-refractivity contribution in [2.24, 2.45) is 5.92 Å². The lowest BCUT2D eigenvalue weighted by Gasteiger charge is -2.35. The Bertz CT molecular complexity index is 1100. The predicted octanol–water partition coefficient (Wildman–Crippen LogP) is 3.19. The van der Waals surface area contributed by atoms with Gasteiger partial charge in [-0.25, -0.2) is 0 Å². The summed E-state index contributed by atoms with van der Waals surface area (Å²) in [5, 5.41) is 0. The fourth-order valence-electron chi connectivity index (χ4n) is 5.31. The number of benzene rings is 1. The van der Waals surface area contributed by atoms with Crippen molar-refractivity contribution in [2.75, 3.05) is 13.1 Å². The van der Waals surface area contributed by atoms with Gasteiger partial charge in [0.2, 0.25) is 17.7 Å². The average Bonchev–Trinajstić information content (AvgIpc) is 3.09. The first-order valence-electron chi connectivity index (χ1n) is 12.0. The van der Waals surface area contributed by atoms with Crippen molar-refractivity contribution in [3.05, 3.63) is 65.5 Å². The molecule has 3 heterocycles. The van der Waals surface area contributed by atoms with Crippen molar-refractivity contribution >= 4 is 23.5 Å². The zero-order valence-corrected chi connectivity index (χ0v) is 19.8. The summed E-state index contributed by atoms with van der Waals surface area (Å²) < 4.78 is 0. The molecule has 0 saturated carbocycles.